The molecule has 3 rings (SSSR count). The highest BCUT2D eigenvalue weighted by Crippen LogP contribution is 2.21. The Kier molecular flexibility index (Phi) is 6.28. The van der Waals surface area contributed by atoms with Crippen LogP contribution in [0.3, 0.4) is 0 Å². The van der Waals surface area contributed by atoms with E-state index in [-0.39, 0.29) is 16.8 Å². The number of nitrogens with one attached hydrogen (secondary N) is 1. The van der Waals surface area contributed by atoms with Crippen LogP contribution in [0.4, 0.5) is 0 Å². The molecule has 0 bridgehead atoms. The predicted molar refractivity (Wildman–Crippen MR) is 103 cm³/mol. The van der Waals surface area contributed by atoms with E-state index in [2.05, 4.69) is 10.4 Å². The summed E-state index contributed by atoms with van der Waals surface area (Å²) in [6.45, 7) is 3.52. The quantitative estimate of drug-likeness (QED) is 0.820. The normalized spacial score (nSPS) is 17.2. The molecule has 1 aromatic heterocycles. The van der Waals surface area contributed by atoms with Crippen molar-refractivity contribution in [1.29, 1.82) is 0 Å². The zero-order chi connectivity index (χ0) is 19.3. The van der Waals surface area contributed by atoms with Crippen molar-refractivity contribution in [1.82, 2.24) is 19.4 Å². The van der Waals surface area contributed by atoms with Gasteiger partial charge in [0.25, 0.3) is 5.91 Å². The van der Waals surface area contributed by atoms with Crippen LogP contribution < -0.4 is 5.32 Å². The van der Waals surface area contributed by atoms with Crippen molar-refractivity contribution in [3.63, 3.8) is 0 Å². The maximum absolute atomic E-state index is 12.9. The van der Waals surface area contributed by atoms with Crippen LogP contribution in [-0.4, -0.2) is 47.5 Å². The molecule has 0 radical (unpaired) electrons. The molecule has 0 spiro atoms. The Morgan fingerprint density at radius 3 is 2.59 bits per heavy atom. The van der Waals surface area contributed by atoms with E-state index in [1.54, 1.807) is 29.1 Å². The van der Waals surface area contributed by atoms with Gasteiger partial charge in [-0.25, -0.2) is 8.42 Å². The lowest BCUT2D eigenvalue weighted by molar-refractivity contribution is 0.0936. The Morgan fingerprint density at radius 2 is 1.93 bits per heavy atom. The van der Waals surface area contributed by atoms with E-state index in [0.29, 0.717) is 25.2 Å². The third-order valence-corrected chi connectivity index (χ3v) is 6.59. The van der Waals surface area contributed by atoms with E-state index in [1.807, 2.05) is 19.2 Å². The molecule has 1 amide bonds. The van der Waals surface area contributed by atoms with Crippen molar-refractivity contribution in [2.75, 3.05) is 13.1 Å². The van der Waals surface area contributed by atoms with E-state index < -0.39 is 10.0 Å². The molecule has 0 saturated carbocycles. The number of nitrogens with zero attached hydrogens (tertiary/aromatic N) is 3. The summed E-state index contributed by atoms with van der Waals surface area (Å²) in [6, 6.07) is 7.98. The third-order valence-electron chi connectivity index (χ3n) is 4.70. The summed E-state index contributed by atoms with van der Waals surface area (Å²) in [4.78, 5) is 12.7. The molecule has 0 aliphatic carbocycles. The summed E-state index contributed by atoms with van der Waals surface area (Å²) < 4.78 is 29.1. The predicted octanol–water partition coefficient (Wildman–Crippen LogP) is 2.27. The molecular formula is C19H26N4O3S. The van der Waals surface area contributed by atoms with Crippen LogP contribution in [0.2, 0.25) is 0 Å². The number of rotatable bonds is 6. The maximum Gasteiger partial charge on any atom is 0.251 e. The van der Waals surface area contributed by atoms with Crippen LogP contribution in [0.15, 0.2) is 47.6 Å². The van der Waals surface area contributed by atoms with Gasteiger partial charge in [-0.1, -0.05) is 18.9 Å². The van der Waals surface area contributed by atoms with Crippen LogP contribution in [0, 0.1) is 0 Å². The lowest BCUT2D eigenvalue weighted by Crippen LogP contribution is -2.36. The van der Waals surface area contributed by atoms with Crippen LogP contribution in [0.5, 0.6) is 0 Å². The molecular weight excluding hydrogens is 364 g/mol. The first-order chi connectivity index (χ1) is 13.0. The number of carbonyl (C=O) groups excluding carboxylic acids is 1. The lowest BCUT2D eigenvalue weighted by Gasteiger charge is -2.20. The lowest BCUT2D eigenvalue weighted by atomic mass is 10.2. The minimum Gasteiger partial charge on any atom is -0.348 e. The van der Waals surface area contributed by atoms with Gasteiger partial charge in [0.1, 0.15) is 0 Å². The molecule has 2 aromatic rings. The Bertz CT molecular complexity index is 857. The summed E-state index contributed by atoms with van der Waals surface area (Å²) in [5.74, 6) is -0.289. The molecule has 7 nitrogen and oxygen atoms in total. The van der Waals surface area contributed by atoms with E-state index in [0.717, 1.165) is 25.7 Å². The second-order valence-corrected chi connectivity index (χ2v) is 8.89. The fourth-order valence-electron chi connectivity index (χ4n) is 3.27. The average Bonchev–Trinajstić information content (AvgIpc) is 3.00. The Labute approximate surface area is 160 Å². The van der Waals surface area contributed by atoms with Crippen molar-refractivity contribution in [2.45, 2.75) is 50.1 Å². The van der Waals surface area contributed by atoms with E-state index in [4.69, 9.17) is 0 Å². The van der Waals surface area contributed by atoms with Crippen LogP contribution in [0.25, 0.3) is 0 Å². The second kappa shape index (κ2) is 8.67. The highest BCUT2D eigenvalue weighted by molar-refractivity contribution is 7.89. The van der Waals surface area contributed by atoms with Crippen molar-refractivity contribution in [3.8, 4) is 0 Å². The first kappa shape index (κ1) is 19.6. The maximum atomic E-state index is 12.9. The van der Waals surface area contributed by atoms with E-state index in [9.17, 15) is 13.2 Å². The molecule has 1 unspecified atom stereocenters. The highest BCUT2D eigenvalue weighted by Gasteiger charge is 2.26. The van der Waals surface area contributed by atoms with Gasteiger partial charge >= 0.3 is 0 Å². The van der Waals surface area contributed by atoms with Crippen molar-refractivity contribution >= 4 is 15.9 Å². The van der Waals surface area contributed by atoms with Gasteiger partial charge in [0.05, 0.1) is 11.4 Å². The largest absolute Gasteiger partial charge is 0.348 e. The summed E-state index contributed by atoms with van der Waals surface area (Å²) in [6.07, 6.45) is 7.39. The number of carbonyl (C=O) groups is 1. The highest BCUT2D eigenvalue weighted by atomic mass is 32.2. The van der Waals surface area contributed by atoms with Gasteiger partial charge in [-0.2, -0.15) is 9.40 Å². The summed E-state index contributed by atoms with van der Waals surface area (Å²) >= 11 is 0. The minimum absolute atomic E-state index is 0.136. The number of amides is 1. The van der Waals surface area contributed by atoms with Gasteiger partial charge in [-0.15, -0.1) is 0 Å². The Balaban J connectivity index is 1.71. The van der Waals surface area contributed by atoms with Crippen LogP contribution in [-0.2, 0) is 16.6 Å². The molecule has 1 atom stereocenters. The van der Waals surface area contributed by atoms with Crippen LogP contribution in [0.1, 0.15) is 43.0 Å². The standard InChI is InChI=1S/C19H26N4O3S/c1-16(15-22-11-7-10-20-22)21-19(24)17-8-6-9-18(14-17)27(25,26)23-12-4-2-3-5-13-23/h6-11,14,16H,2-5,12-13,15H2,1H3,(H,21,24). The zero-order valence-electron chi connectivity index (χ0n) is 15.5. The number of aromatic nitrogens is 2. The van der Waals surface area contributed by atoms with Gasteiger partial charge in [0.2, 0.25) is 10.0 Å². The van der Waals surface area contributed by atoms with E-state index >= 15 is 0 Å². The molecule has 1 aromatic carbocycles. The van der Waals surface area contributed by atoms with Crippen molar-refractivity contribution in [2.24, 2.45) is 0 Å². The van der Waals surface area contributed by atoms with Gasteiger partial charge in [0.15, 0.2) is 0 Å². The number of benzene rings is 1. The minimum atomic E-state index is -3.57. The summed E-state index contributed by atoms with van der Waals surface area (Å²) in [5.41, 5.74) is 0.346. The average molecular weight is 391 g/mol. The molecule has 1 saturated heterocycles. The number of hydrogen-bond donors (Lipinski definition) is 1. The van der Waals surface area contributed by atoms with Crippen molar-refractivity contribution in [3.05, 3.63) is 48.3 Å². The number of hydrogen-bond acceptors (Lipinski definition) is 4. The fourth-order valence-corrected chi connectivity index (χ4v) is 4.83. The first-order valence-electron chi connectivity index (χ1n) is 9.35. The van der Waals surface area contributed by atoms with Gasteiger partial charge in [-0.05, 0) is 44.0 Å². The van der Waals surface area contributed by atoms with Gasteiger partial charge < -0.3 is 5.32 Å². The molecule has 27 heavy (non-hydrogen) atoms. The number of sulfonamides is 1. The van der Waals surface area contributed by atoms with Gasteiger partial charge in [-0.3, -0.25) is 9.48 Å². The molecule has 2 heterocycles. The monoisotopic (exact) mass is 390 g/mol. The molecule has 8 heteroatoms. The first-order valence-corrected chi connectivity index (χ1v) is 10.8. The second-order valence-electron chi connectivity index (χ2n) is 6.95. The smallest absolute Gasteiger partial charge is 0.251 e. The SMILES string of the molecule is CC(Cn1cccn1)NC(=O)c1cccc(S(=O)(=O)N2CCCCCC2)c1. The zero-order valence-corrected chi connectivity index (χ0v) is 16.4. The van der Waals surface area contributed by atoms with E-state index in [1.165, 1.54) is 10.4 Å². The molecule has 1 aliphatic heterocycles. The third kappa shape index (κ3) is 4.95. The van der Waals surface area contributed by atoms with Gasteiger partial charge in [0, 0.05) is 37.1 Å². The molecule has 1 N–H and O–H groups in total. The molecule has 1 fully saturated rings. The van der Waals surface area contributed by atoms with Crippen LogP contribution >= 0.6 is 0 Å². The Hall–Kier alpha value is -2.19. The summed E-state index contributed by atoms with van der Waals surface area (Å²) in [5, 5.41) is 7.02. The molecule has 146 valence electrons. The fraction of sp³-hybridized carbons (Fsp3) is 0.474. The summed E-state index contributed by atoms with van der Waals surface area (Å²) in [7, 11) is -3.57. The van der Waals surface area contributed by atoms with Crippen molar-refractivity contribution < 1.29 is 13.2 Å². The molecule has 1 aliphatic rings. The Morgan fingerprint density at radius 1 is 1.19 bits per heavy atom. The topological polar surface area (TPSA) is 84.3 Å².